The molecule has 7 heteroatoms. The van der Waals surface area contributed by atoms with E-state index in [2.05, 4.69) is 0 Å². The van der Waals surface area contributed by atoms with Crippen LogP contribution in [0.2, 0.25) is 0 Å². The summed E-state index contributed by atoms with van der Waals surface area (Å²) in [5.41, 5.74) is -0.193. The lowest BCUT2D eigenvalue weighted by Gasteiger charge is -2.43. The molecule has 1 aliphatic rings. The predicted octanol–water partition coefficient (Wildman–Crippen LogP) is 3.45. The van der Waals surface area contributed by atoms with Gasteiger partial charge in [-0.2, -0.15) is 0 Å². The van der Waals surface area contributed by atoms with Crippen LogP contribution in [0.4, 0.5) is 0 Å². The fourth-order valence-corrected chi connectivity index (χ4v) is 3.25. The van der Waals surface area contributed by atoms with E-state index in [1.165, 1.54) is 19.1 Å². The molecule has 0 spiro atoms. The third-order valence-corrected chi connectivity index (χ3v) is 4.35. The fourth-order valence-electron chi connectivity index (χ4n) is 3.25. The molecule has 0 bridgehead atoms. The van der Waals surface area contributed by atoms with E-state index >= 15 is 0 Å². The van der Waals surface area contributed by atoms with Gasteiger partial charge in [-0.1, -0.05) is 5.57 Å². The van der Waals surface area contributed by atoms with Crippen LogP contribution in [-0.4, -0.2) is 23.6 Å². The van der Waals surface area contributed by atoms with Crippen molar-refractivity contribution in [3.05, 3.63) is 51.9 Å². The zero-order valence-electron chi connectivity index (χ0n) is 16.4. The molecule has 2 atom stereocenters. The Balaban J connectivity index is 2.20. The molecule has 148 valence electrons. The van der Waals surface area contributed by atoms with E-state index in [0.717, 1.165) is 5.57 Å². The summed E-state index contributed by atoms with van der Waals surface area (Å²) < 4.78 is 22.6. The summed E-state index contributed by atoms with van der Waals surface area (Å²) in [5.74, 6) is -0.747. The fraction of sp³-hybridized carbons (Fsp3) is 0.381. The highest BCUT2D eigenvalue weighted by molar-refractivity contribution is 5.85. The normalized spacial score (nSPS) is 19.9. The maximum Gasteiger partial charge on any atom is 0.336 e. The summed E-state index contributed by atoms with van der Waals surface area (Å²) in [5, 5.41) is 0.633. The van der Waals surface area contributed by atoms with Crippen LogP contribution in [0, 0.1) is 0 Å². The van der Waals surface area contributed by atoms with Crippen LogP contribution in [0.5, 0.6) is 5.75 Å². The van der Waals surface area contributed by atoms with Gasteiger partial charge in [0.15, 0.2) is 12.2 Å². The van der Waals surface area contributed by atoms with E-state index in [1.807, 2.05) is 0 Å². The first-order chi connectivity index (χ1) is 13.1. The van der Waals surface area contributed by atoms with E-state index in [4.69, 9.17) is 18.6 Å². The third kappa shape index (κ3) is 3.78. The highest BCUT2D eigenvalue weighted by Crippen LogP contribution is 2.46. The molecule has 0 unspecified atom stereocenters. The van der Waals surface area contributed by atoms with E-state index in [0.29, 0.717) is 16.7 Å². The van der Waals surface area contributed by atoms with E-state index in [1.54, 1.807) is 45.9 Å². The summed E-state index contributed by atoms with van der Waals surface area (Å²) in [6.45, 7) is 8.27. The van der Waals surface area contributed by atoms with Crippen LogP contribution < -0.4 is 10.4 Å². The van der Waals surface area contributed by atoms with Crippen molar-refractivity contribution < 1.29 is 28.2 Å². The SMILES string of the molecule is CC(=O)O[C@H]1c2c(ccc3ccc(=O)oc23)OC(C)(C)[C@@H]1OC(=O)C=C(C)C. The molecule has 0 fully saturated rings. The maximum absolute atomic E-state index is 12.3. The van der Waals surface area contributed by atoms with Crippen LogP contribution in [0.3, 0.4) is 0 Å². The van der Waals surface area contributed by atoms with Crippen molar-refractivity contribution in [3.63, 3.8) is 0 Å². The number of fused-ring (bicyclic) bond motifs is 3. The van der Waals surface area contributed by atoms with Crippen LogP contribution in [-0.2, 0) is 19.1 Å². The number of hydrogen-bond acceptors (Lipinski definition) is 7. The summed E-state index contributed by atoms with van der Waals surface area (Å²) in [6.07, 6.45) is -0.609. The van der Waals surface area contributed by atoms with Crippen molar-refractivity contribution in [2.45, 2.75) is 52.4 Å². The molecular formula is C21H22O7. The van der Waals surface area contributed by atoms with Crippen molar-refractivity contribution in [2.75, 3.05) is 0 Å². The van der Waals surface area contributed by atoms with Crippen LogP contribution in [0.1, 0.15) is 46.3 Å². The Morgan fingerprint density at radius 3 is 2.39 bits per heavy atom. The smallest absolute Gasteiger partial charge is 0.336 e. The van der Waals surface area contributed by atoms with Gasteiger partial charge in [-0.3, -0.25) is 4.79 Å². The molecule has 0 saturated heterocycles. The minimum absolute atomic E-state index is 0.231. The van der Waals surface area contributed by atoms with Gasteiger partial charge in [-0.05, 0) is 45.9 Å². The molecule has 1 aromatic carbocycles. The van der Waals surface area contributed by atoms with E-state index in [-0.39, 0.29) is 5.58 Å². The number of esters is 2. The Hall–Kier alpha value is -3.09. The number of rotatable bonds is 3. The van der Waals surface area contributed by atoms with Crippen molar-refractivity contribution >= 4 is 22.9 Å². The van der Waals surface area contributed by atoms with Crippen molar-refractivity contribution in [1.29, 1.82) is 0 Å². The Labute approximate surface area is 161 Å². The molecule has 0 radical (unpaired) electrons. The van der Waals surface area contributed by atoms with Crippen molar-refractivity contribution in [1.82, 2.24) is 0 Å². The molecule has 0 amide bonds. The zero-order chi connectivity index (χ0) is 20.6. The molecule has 3 rings (SSSR count). The van der Waals surface area contributed by atoms with Gasteiger partial charge in [-0.15, -0.1) is 0 Å². The van der Waals surface area contributed by atoms with Gasteiger partial charge in [0.25, 0.3) is 0 Å². The second kappa shape index (κ2) is 7.14. The molecular weight excluding hydrogens is 364 g/mol. The largest absolute Gasteiger partial charge is 0.483 e. The van der Waals surface area contributed by atoms with Gasteiger partial charge in [-0.25, -0.2) is 9.59 Å². The molecule has 1 aliphatic heterocycles. The molecule has 2 heterocycles. The predicted molar refractivity (Wildman–Crippen MR) is 101 cm³/mol. The summed E-state index contributed by atoms with van der Waals surface area (Å²) in [7, 11) is 0. The minimum Gasteiger partial charge on any atom is -0.483 e. The average molecular weight is 386 g/mol. The van der Waals surface area contributed by atoms with Gasteiger partial charge in [0, 0.05) is 24.5 Å². The lowest BCUT2D eigenvalue weighted by molar-refractivity contribution is -0.185. The Morgan fingerprint density at radius 1 is 1.07 bits per heavy atom. The Morgan fingerprint density at radius 2 is 1.75 bits per heavy atom. The topological polar surface area (TPSA) is 92.0 Å². The minimum atomic E-state index is -1.000. The van der Waals surface area contributed by atoms with Crippen LogP contribution >= 0.6 is 0 Å². The molecule has 0 saturated carbocycles. The molecule has 7 nitrogen and oxygen atoms in total. The number of benzene rings is 1. The van der Waals surface area contributed by atoms with Gasteiger partial charge in [0.1, 0.15) is 16.9 Å². The maximum atomic E-state index is 12.3. The molecule has 0 aliphatic carbocycles. The lowest BCUT2D eigenvalue weighted by Crippen LogP contribution is -2.52. The second-order valence-corrected chi connectivity index (χ2v) is 7.46. The highest BCUT2D eigenvalue weighted by Gasteiger charge is 2.49. The highest BCUT2D eigenvalue weighted by atomic mass is 16.6. The Kier molecular flexibility index (Phi) is 5.02. The molecule has 2 aromatic rings. The summed E-state index contributed by atoms with van der Waals surface area (Å²) >= 11 is 0. The van der Waals surface area contributed by atoms with Gasteiger partial charge in [0.05, 0.1) is 5.56 Å². The van der Waals surface area contributed by atoms with Gasteiger partial charge in [0.2, 0.25) is 0 Å². The standard InChI is InChI=1S/C21H22O7/c1-11(2)10-16(24)27-20-19(25-12(3)22)17-14(28-21(20,4)5)8-6-13-7-9-15(23)26-18(13)17/h6-10,19-20H,1-5H3/t19-,20+/m0/s1. The number of carbonyl (C=O) groups excluding carboxylic acids is 2. The number of ether oxygens (including phenoxy) is 3. The number of carbonyl (C=O) groups is 2. The average Bonchev–Trinajstić information content (AvgIpc) is 2.56. The van der Waals surface area contributed by atoms with Crippen LogP contribution in [0.25, 0.3) is 11.0 Å². The van der Waals surface area contributed by atoms with Crippen molar-refractivity contribution in [2.24, 2.45) is 0 Å². The Bertz CT molecular complexity index is 1020. The summed E-state index contributed by atoms with van der Waals surface area (Å²) in [4.78, 5) is 35.9. The van der Waals surface area contributed by atoms with Gasteiger partial charge < -0.3 is 18.6 Å². The number of hydrogen-bond donors (Lipinski definition) is 0. The zero-order valence-corrected chi connectivity index (χ0v) is 16.4. The third-order valence-electron chi connectivity index (χ3n) is 4.35. The van der Waals surface area contributed by atoms with E-state index in [9.17, 15) is 14.4 Å². The lowest BCUT2D eigenvalue weighted by atomic mass is 9.87. The quantitative estimate of drug-likeness (QED) is 0.453. The van der Waals surface area contributed by atoms with E-state index < -0.39 is 35.4 Å². The first-order valence-corrected chi connectivity index (χ1v) is 8.87. The first-order valence-electron chi connectivity index (χ1n) is 8.87. The molecule has 0 N–H and O–H groups in total. The summed E-state index contributed by atoms with van der Waals surface area (Å²) in [6, 6.07) is 6.36. The first kappa shape index (κ1) is 19.7. The van der Waals surface area contributed by atoms with Crippen molar-refractivity contribution in [3.8, 4) is 5.75 Å². The second-order valence-electron chi connectivity index (χ2n) is 7.46. The van der Waals surface area contributed by atoms with Gasteiger partial charge >= 0.3 is 17.6 Å². The number of allylic oxidation sites excluding steroid dienone is 1. The molecule has 28 heavy (non-hydrogen) atoms. The van der Waals surface area contributed by atoms with Crippen LogP contribution in [0.15, 0.2) is 45.1 Å². The monoisotopic (exact) mass is 386 g/mol. The molecule has 1 aromatic heterocycles.